The van der Waals surface area contributed by atoms with E-state index in [1.54, 1.807) is 0 Å². The van der Waals surface area contributed by atoms with Crippen LogP contribution in [0.3, 0.4) is 0 Å². The summed E-state index contributed by atoms with van der Waals surface area (Å²) < 4.78 is 0. The van der Waals surface area contributed by atoms with E-state index >= 15 is 0 Å². The fraction of sp³-hybridized carbons (Fsp3) is 1.00. The van der Waals surface area contributed by atoms with Crippen LogP contribution in [-0.2, 0) is 0 Å². The number of hydrogen-bond donors (Lipinski definition) is 1. The van der Waals surface area contributed by atoms with Gasteiger partial charge in [0, 0.05) is 38.3 Å². The van der Waals surface area contributed by atoms with Gasteiger partial charge in [0.1, 0.15) is 0 Å². The van der Waals surface area contributed by atoms with E-state index in [9.17, 15) is 0 Å². The predicted octanol–water partition coefficient (Wildman–Crippen LogP) is 2.04. The molecular weight excluding hydrogens is 222 g/mol. The minimum Gasteiger partial charge on any atom is -0.319 e. The Kier molecular flexibility index (Phi) is 6.09. The van der Waals surface area contributed by atoms with Crippen molar-refractivity contribution in [2.24, 2.45) is 5.41 Å². The third kappa shape index (κ3) is 4.22. The lowest BCUT2D eigenvalue weighted by molar-refractivity contribution is 0.0329. The Balaban J connectivity index is 2.59. The number of nitrogens with one attached hydrogen (secondary N) is 1. The molecule has 3 heteroatoms. The maximum absolute atomic E-state index is 3.38. The van der Waals surface area contributed by atoms with Crippen LogP contribution < -0.4 is 5.32 Å². The van der Waals surface area contributed by atoms with E-state index in [1.165, 1.54) is 32.5 Å². The Bertz CT molecular complexity index is 224. The highest BCUT2D eigenvalue weighted by atomic mass is 15.3. The standard InChI is InChI=1S/C15H33N3/c1-7-8-15(4,11-16-5)12-18-9-13(2)17(6)14(3)10-18/h13-14,16H,7-12H2,1-6H3. The van der Waals surface area contributed by atoms with Gasteiger partial charge >= 0.3 is 0 Å². The first kappa shape index (κ1) is 15.9. The monoisotopic (exact) mass is 255 g/mol. The van der Waals surface area contributed by atoms with Gasteiger partial charge in [0.2, 0.25) is 0 Å². The topological polar surface area (TPSA) is 18.5 Å². The Hall–Kier alpha value is -0.120. The highest BCUT2D eigenvalue weighted by Gasteiger charge is 2.31. The molecule has 1 aliphatic rings. The summed E-state index contributed by atoms with van der Waals surface area (Å²) in [5.41, 5.74) is 0.416. The maximum atomic E-state index is 3.38. The zero-order valence-electron chi connectivity index (χ0n) is 13.3. The smallest absolute Gasteiger partial charge is 0.0195 e. The quantitative estimate of drug-likeness (QED) is 0.783. The first-order valence-electron chi connectivity index (χ1n) is 7.50. The summed E-state index contributed by atoms with van der Waals surface area (Å²) in [4.78, 5) is 5.17. The van der Waals surface area contributed by atoms with Crippen LogP contribution in [0.5, 0.6) is 0 Å². The molecule has 1 aliphatic heterocycles. The van der Waals surface area contributed by atoms with Crippen LogP contribution >= 0.6 is 0 Å². The van der Waals surface area contributed by atoms with Crippen molar-refractivity contribution in [3.63, 3.8) is 0 Å². The zero-order valence-corrected chi connectivity index (χ0v) is 13.3. The molecule has 0 radical (unpaired) electrons. The first-order valence-corrected chi connectivity index (χ1v) is 7.50. The summed E-state index contributed by atoms with van der Waals surface area (Å²) in [6, 6.07) is 1.35. The molecule has 3 unspecified atom stereocenters. The van der Waals surface area contributed by atoms with Gasteiger partial charge in [-0.1, -0.05) is 20.3 Å². The van der Waals surface area contributed by atoms with Crippen LogP contribution in [0.15, 0.2) is 0 Å². The van der Waals surface area contributed by atoms with Gasteiger partial charge in [0.15, 0.2) is 0 Å². The van der Waals surface area contributed by atoms with E-state index in [0.717, 1.165) is 6.54 Å². The summed E-state index contributed by atoms with van der Waals surface area (Å²) in [6.45, 7) is 14.2. The second kappa shape index (κ2) is 6.88. The molecule has 108 valence electrons. The zero-order chi connectivity index (χ0) is 13.8. The average Bonchev–Trinajstić information content (AvgIpc) is 2.26. The van der Waals surface area contributed by atoms with Crippen molar-refractivity contribution in [1.29, 1.82) is 0 Å². The molecule has 1 N–H and O–H groups in total. The summed E-state index contributed by atoms with van der Waals surface area (Å²) in [6.07, 6.45) is 2.58. The van der Waals surface area contributed by atoms with E-state index < -0.39 is 0 Å². The minimum atomic E-state index is 0.416. The Labute approximate surface area is 114 Å². The van der Waals surface area contributed by atoms with Gasteiger partial charge in [0.05, 0.1) is 0 Å². The van der Waals surface area contributed by atoms with Gasteiger partial charge in [-0.25, -0.2) is 0 Å². The van der Waals surface area contributed by atoms with Crippen molar-refractivity contribution in [2.75, 3.05) is 40.3 Å². The predicted molar refractivity (Wildman–Crippen MR) is 80.1 cm³/mol. The van der Waals surface area contributed by atoms with Gasteiger partial charge in [0.25, 0.3) is 0 Å². The largest absolute Gasteiger partial charge is 0.319 e. The summed E-state index contributed by atoms with van der Waals surface area (Å²) >= 11 is 0. The molecule has 0 saturated carbocycles. The van der Waals surface area contributed by atoms with Crippen LogP contribution in [0, 0.1) is 5.41 Å². The average molecular weight is 255 g/mol. The fourth-order valence-electron chi connectivity index (χ4n) is 3.44. The Morgan fingerprint density at radius 2 is 1.78 bits per heavy atom. The van der Waals surface area contributed by atoms with Crippen LogP contribution in [0.25, 0.3) is 0 Å². The number of nitrogens with zero attached hydrogens (tertiary/aromatic N) is 2. The van der Waals surface area contributed by atoms with Crippen molar-refractivity contribution < 1.29 is 0 Å². The van der Waals surface area contributed by atoms with Crippen LogP contribution in [-0.4, -0.2) is 62.2 Å². The third-order valence-electron chi connectivity index (χ3n) is 4.50. The number of rotatable bonds is 6. The molecule has 1 heterocycles. The van der Waals surface area contributed by atoms with Gasteiger partial charge in [-0.3, -0.25) is 9.80 Å². The van der Waals surface area contributed by atoms with Crippen molar-refractivity contribution in [2.45, 2.75) is 52.6 Å². The summed E-state index contributed by atoms with van der Waals surface area (Å²) in [7, 11) is 4.33. The molecule has 0 aliphatic carbocycles. The molecule has 3 nitrogen and oxygen atoms in total. The van der Waals surface area contributed by atoms with Crippen molar-refractivity contribution in [3.05, 3.63) is 0 Å². The van der Waals surface area contributed by atoms with E-state index in [-0.39, 0.29) is 0 Å². The van der Waals surface area contributed by atoms with Gasteiger partial charge in [-0.2, -0.15) is 0 Å². The molecule has 0 aromatic carbocycles. The summed E-state index contributed by atoms with van der Waals surface area (Å²) in [5, 5.41) is 3.38. The molecule has 0 spiro atoms. The fourth-order valence-corrected chi connectivity index (χ4v) is 3.44. The second-order valence-corrected chi connectivity index (χ2v) is 6.65. The second-order valence-electron chi connectivity index (χ2n) is 6.65. The lowest BCUT2D eigenvalue weighted by Crippen LogP contribution is -2.57. The van der Waals surface area contributed by atoms with Crippen LogP contribution in [0.2, 0.25) is 0 Å². The molecule has 0 bridgehead atoms. The number of hydrogen-bond acceptors (Lipinski definition) is 3. The van der Waals surface area contributed by atoms with Gasteiger partial charge < -0.3 is 5.32 Å². The summed E-state index contributed by atoms with van der Waals surface area (Å²) in [5.74, 6) is 0. The molecule has 18 heavy (non-hydrogen) atoms. The molecule has 1 fully saturated rings. The Morgan fingerprint density at radius 3 is 2.22 bits per heavy atom. The molecule has 1 rings (SSSR count). The van der Waals surface area contributed by atoms with Crippen LogP contribution in [0.4, 0.5) is 0 Å². The molecule has 1 saturated heterocycles. The lowest BCUT2D eigenvalue weighted by Gasteiger charge is -2.45. The highest BCUT2D eigenvalue weighted by molar-refractivity contribution is 4.87. The normalized spacial score (nSPS) is 30.3. The SMILES string of the molecule is CCCC(C)(CNC)CN1CC(C)N(C)C(C)C1. The molecule has 0 aromatic heterocycles. The molecule has 3 atom stereocenters. The maximum Gasteiger partial charge on any atom is 0.0195 e. The van der Waals surface area contributed by atoms with Gasteiger partial charge in [-0.05, 0) is 39.8 Å². The van der Waals surface area contributed by atoms with Crippen molar-refractivity contribution >= 4 is 0 Å². The van der Waals surface area contributed by atoms with Crippen LogP contribution in [0.1, 0.15) is 40.5 Å². The van der Waals surface area contributed by atoms with E-state index in [0.29, 0.717) is 17.5 Å². The molecule has 0 amide bonds. The van der Waals surface area contributed by atoms with Gasteiger partial charge in [-0.15, -0.1) is 0 Å². The van der Waals surface area contributed by atoms with E-state index in [4.69, 9.17) is 0 Å². The van der Waals surface area contributed by atoms with Crippen molar-refractivity contribution in [3.8, 4) is 0 Å². The third-order valence-corrected chi connectivity index (χ3v) is 4.50. The highest BCUT2D eigenvalue weighted by Crippen LogP contribution is 2.26. The lowest BCUT2D eigenvalue weighted by atomic mass is 9.84. The Morgan fingerprint density at radius 1 is 1.22 bits per heavy atom. The first-order chi connectivity index (χ1) is 8.41. The number of piperazine rings is 1. The minimum absolute atomic E-state index is 0.416. The molecule has 0 aromatic rings. The van der Waals surface area contributed by atoms with E-state index in [1.807, 2.05) is 0 Å². The van der Waals surface area contributed by atoms with Crippen molar-refractivity contribution in [1.82, 2.24) is 15.1 Å². The molecular formula is C15H33N3. The van der Waals surface area contributed by atoms with E-state index in [2.05, 4.69) is 56.9 Å². The number of likely N-dealkylation sites (N-methyl/N-ethyl adjacent to an activating group) is 1.